The number of anilines is 1. The summed E-state index contributed by atoms with van der Waals surface area (Å²) in [6.45, 7) is 17.7. The fraction of sp³-hybridized carbons (Fsp3) is 0.514. The molecule has 3 aromatic rings. The van der Waals surface area contributed by atoms with E-state index in [1.165, 1.54) is 11.1 Å². The molecular weight excluding hydrogens is 570 g/mol. The van der Waals surface area contributed by atoms with Crippen LogP contribution >= 0.6 is 0 Å². The number of likely N-dealkylation sites (tertiary alicyclic amines) is 2. The minimum absolute atomic E-state index is 0.0517. The fourth-order valence-corrected chi connectivity index (χ4v) is 5.50. The van der Waals surface area contributed by atoms with Gasteiger partial charge in [0, 0.05) is 44.2 Å². The maximum atomic E-state index is 12.2. The summed E-state index contributed by atoms with van der Waals surface area (Å²) >= 11 is 0. The number of nitrogens with zero attached hydrogens (tertiary/aromatic N) is 4. The number of benzene rings is 2. The highest BCUT2D eigenvalue weighted by molar-refractivity contribution is 5.69. The Balaban J connectivity index is 0.000000210. The third kappa shape index (κ3) is 9.23. The van der Waals surface area contributed by atoms with E-state index in [0.717, 1.165) is 11.1 Å². The van der Waals surface area contributed by atoms with Crippen molar-refractivity contribution in [1.29, 1.82) is 0 Å². The zero-order chi connectivity index (χ0) is 33.1. The first kappa shape index (κ1) is 33.8. The van der Waals surface area contributed by atoms with Crippen LogP contribution in [0.1, 0.15) is 75.9 Å². The lowest BCUT2D eigenvalue weighted by Crippen LogP contribution is -2.54. The second kappa shape index (κ2) is 13.5. The van der Waals surface area contributed by atoms with Crippen molar-refractivity contribution in [1.82, 2.24) is 19.6 Å². The zero-order valence-electron chi connectivity index (χ0n) is 27.9. The molecule has 10 nitrogen and oxygen atoms in total. The fourth-order valence-electron chi connectivity index (χ4n) is 5.50. The maximum absolute atomic E-state index is 12.2. The van der Waals surface area contributed by atoms with Crippen LogP contribution in [0.25, 0.3) is 0 Å². The van der Waals surface area contributed by atoms with Gasteiger partial charge in [0.15, 0.2) is 0 Å². The Morgan fingerprint density at radius 3 is 1.73 bits per heavy atom. The van der Waals surface area contributed by atoms with Crippen molar-refractivity contribution in [3.8, 4) is 0 Å². The van der Waals surface area contributed by atoms with Gasteiger partial charge in [0.25, 0.3) is 0 Å². The number of aliphatic hydroxyl groups excluding tert-OH is 1. The molecule has 2 aromatic carbocycles. The van der Waals surface area contributed by atoms with Crippen molar-refractivity contribution in [2.24, 2.45) is 11.8 Å². The van der Waals surface area contributed by atoms with Gasteiger partial charge in [0.05, 0.1) is 24.0 Å². The highest BCUT2D eigenvalue weighted by Gasteiger charge is 2.40. The van der Waals surface area contributed by atoms with Crippen LogP contribution in [0.2, 0.25) is 0 Å². The van der Waals surface area contributed by atoms with Crippen LogP contribution in [-0.4, -0.2) is 74.3 Å². The number of hydrogen-bond donors (Lipinski definition) is 2. The standard InChI is InChI=1S/C19H26N4O2.C16H23NO3/c1-13-6-5-7-14(8-13)17(23-12-16(20)9-21-23)15-10-22(11-15)18(24)25-19(2,3)4;1-11-6-5-7-12(8-11)14(18)13-9-17(10-13)15(19)20-16(2,3)4/h5-9,12,15,17H,10-11,20H2,1-4H3;5-8,13-14,18H,9-10H2,1-4H3. The summed E-state index contributed by atoms with van der Waals surface area (Å²) in [7, 11) is 0. The number of aromatic nitrogens is 2. The number of aliphatic hydroxyl groups is 1. The van der Waals surface area contributed by atoms with Gasteiger partial charge in [-0.2, -0.15) is 5.10 Å². The molecule has 0 saturated carbocycles. The molecule has 0 spiro atoms. The smallest absolute Gasteiger partial charge is 0.410 e. The molecule has 10 heteroatoms. The second-order valence-corrected chi connectivity index (χ2v) is 14.3. The average molecular weight is 620 g/mol. The van der Waals surface area contributed by atoms with Gasteiger partial charge in [-0.1, -0.05) is 59.7 Å². The summed E-state index contributed by atoms with van der Waals surface area (Å²) < 4.78 is 12.7. The van der Waals surface area contributed by atoms with Gasteiger partial charge < -0.3 is 30.1 Å². The Hall–Kier alpha value is -4.05. The van der Waals surface area contributed by atoms with Crippen molar-refractivity contribution < 1.29 is 24.2 Å². The Bertz CT molecular complexity index is 1460. The number of rotatable bonds is 5. The molecule has 2 amide bonds. The minimum Gasteiger partial charge on any atom is -0.444 e. The summed E-state index contributed by atoms with van der Waals surface area (Å²) in [6, 6.07) is 16.3. The van der Waals surface area contributed by atoms with Crippen molar-refractivity contribution in [2.45, 2.75) is 78.7 Å². The molecule has 3 heterocycles. The average Bonchev–Trinajstić information content (AvgIpc) is 3.28. The molecule has 5 rings (SSSR count). The highest BCUT2D eigenvalue weighted by Crippen LogP contribution is 2.35. The predicted molar refractivity (Wildman–Crippen MR) is 175 cm³/mol. The molecule has 2 aliphatic heterocycles. The second-order valence-electron chi connectivity index (χ2n) is 14.3. The molecule has 0 bridgehead atoms. The quantitative estimate of drug-likeness (QED) is 0.352. The molecule has 45 heavy (non-hydrogen) atoms. The molecule has 244 valence electrons. The monoisotopic (exact) mass is 619 g/mol. The third-order valence-corrected chi connectivity index (χ3v) is 7.69. The van der Waals surface area contributed by atoms with Crippen LogP contribution in [0.4, 0.5) is 15.3 Å². The number of ether oxygens (including phenoxy) is 2. The van der Waals surface area contributed by atoms with E-state index >= 15 is 0 Å². The van der Waals surface area contributed by atoms with Crippen LogP contribution in [0, 0.1) is 25.7 Å². The Morgan fingerprint density at radius 1 is 0.822 bits per heavy atom. The molecule has 2 aliphatic rings. The van der Waals surface area contributed by atoms with E-state index in [1.807, 2.05) is 83.6 Å². The summed E-state index contributed by atoms with van der Waals surface area (Å²) in [6.07, 6.45) is 2.43. The van der Waals surface area contributed by atoms with E-state index in [4.69, 9.17) is 15.2 Å². The Kier molecular flexibility index (Phi) is 10.2. The Labute approximate surface area is 267 Å². The van der Waals surface area contributed by atoms with Crippen molar-refractivity contribution in [3.63, 3.8) is 0 Å². The maximum Gasteiger partial charge on any atom is 0.410 e. The van der Waals surface area contributed by atoms with Gasteiger partial charge in [-0.05, 0) is 66.5 Å². The first-order chi connectivity index (χ1) is 21.0. The summed E-state index contributed by atoms with van der Waals surface area (Å²) in [5, 5.41) is 14.7. The molecule has 2 saturated heterocycles. The molecule has 2 fully saturated rings. The van der Waals surface area contributed by atoms with Crippen LogP contribution in [0.15, 0.2) is 60.9 Å². The van der Waals surface area contributed by atoms with Crippen LogP contribution in [0.5, 0.6) is 0 Å². The van der Waals surface area contributed by atoms with Crippen molar-refractivity contribution in [3.05, 3.63) is 83.2 Å². The van der Waals surface area contributed by atoms with E-state index in [1.54, 1.807) is 16.0 Å². The van der Waals surface area contributed by atoms with E-state index in [9.17, 15) is 14.7 Å². The first-order valence-corrected chi connectivity index (χ1v) is 15.6. The van der Waals surface area contributed by atoms with E-state index in [2.05, 4.69) is 36.3 Å². The van der Waals surface area contributed by atoms with Gasteiger partial charge in [0.2, 0.25) is 0 Å². The van der Waals surface area contributed by atoms with Crippen LogP contribution in [-0.2, 0) is 9.47 Å². The van der Waals surface area contributed by atoms with Crippen LogP contribution in [0.3, 0.4) is 0 Å². The SMILES string of the molecule is Cc1cccc(C(C2CN(C(=O)OC(C)(C)C)C2)n2cc(N)cn2)c1.Cc1cccc(C(O)C2CN(C(=O)OC(C)(C)C)C2)c1. The van der Waals surface area contributed by atoms with Crippen molar-refractivity contribution >= 4 is 17.9 Å². The number of carbonyl (C=O) groups excluding carboxylic acids is 2. The lowest BCUT2D eigenvalue weighted by molar-refractivity contribution is -0.0314. The number of amides is 2. The van der Waals surface area contributed by atoms with E-state index in [-0.39, 0.29) is 30.1 Å². The lowest BCUT2D eigenvalue weighted by Gasteiger charge is -2.43. The van der Waals surface area contributed by atoms with Gasteiger partial charge >= 0.3 is 12.2 Å². The summed E-state index contributed by atoms with van der Waals surface area (Å²) in [5.41, 5.74) is 9.97. The van der Waals surface area contributed by atoms with Gasteiger partial charge in [0.1, 0.15) is 11.2 Å². The van der Waals surface area contributed by atoms with Gasteiger partial charge in [-0.25, -0.2) is 9.59 Å². The largest absolute Gasteiger partial charge is 0.444 e. The first-order valence-electron chi connectivity index (χ1n) is 15.6. The van der Waals surface area contributed by atoms with Crippen LogP contribution < -0.4 is 5.73 Å². The lowest BCUT2D eigenvalue weighted by atomic mass is 9.86. The summed E-state index contributed by atoms with van der Waals surface area (Å²) in [5.74, 6) is 0.359. The molecule has 3 N–H and O–H groups in total. The van der Waals surface area contributed by atoms with Crippen molar-refractivity contribution in [2.75, 3.05) is 31.9 Å². The molecule has 1 aromatic heterocycles. The van der Waals surface area contributed by atoms with E-state index in [0.29, 0.717) is 31.9 Å². The third-order valence-electron chi connectivity index (χ3n) is 7.69. The van der Waals surface area contributed by atoms with Gasteiger partial charge in [-0.3, -0.25) is 4.68 Å². The number of aryl methyl sites for hydroxylation is 2. The number of nitrogen functional groups attached to an aromatic ring is 1. The molecular formula is C35H49N5O5. The molecule has 0 aliphatic carbocycles. The topological polar surface area (TPSA) is 123 Å². The van der Waals surface area contributed by atoms with Gasteiger partial charge in [-0.15, -0.1) is 0 Å². The number of carbonyl (C=O) groups is 2. The number of hydrogen-bond acceptors (Lipinski definition) is 7. The Morgan fingerprint density at radius 2 is 1.29 bits per heavy atom. The molecule has 2 atom stereocenters. The minimum atomic E-state index is -0.520. The normalized spacial score (nSPS) is 16.9. The molecule has 2 unspecified atom stereocenters. The highest BCUT2D eigenvalue weighted by atomic mass is 16.6. The zero-order valence-corrected chi connectivity index (χ0v) is 27.9. The summed E-state index contributed by atoms with van der Waals surface area (Å²) in [4.78, 5) is 27.4. The van der Waals surface area contributed by atoms with E-state index < -0.39 is 17.3 Å². The predicted octanol–water partition coefficient (Wildman–Crippen LogP) is 6.13. The molecule has 0 radical (unpaired) electrons. The number of nitrogens with two attached hydrogens (primary N) is 1.